The number of amides is 1. The third kappa shape index (κ3) is 5.25. The second kappa shape index (κ2) is 7.58. The van der Waals surface area contributed by atoms with Crippen LogP contribution in [0.2, 0.25) is 0 Å². The van der Waals surface area contributed by atoms with E-state index in [9.17, 15) is 4.79 Å². The molecular weight excluding hydrogens is 290 g/mol. The summed E-state index contributed by atoms with van der Waals surface area (Å²) < 4.78 is 0. The van der Waals surface area contributed by atoms with Gasteiger partial charge in [-0.15, -0.1) is 0 Å². The summed E-state index contributed by atoms with van der Waals surface area (Å²) in [6.45, 7) is 7.58. The number of nitrogens with one attached hydrogen (secondary N) is 3. The molecule has 1 atom stereocenters. The fourth-order valence-corrected chi connectivity index (χ4v) is 2.09. The monoisotopic (exact) mass is 313 g/mol. The van der Waals surface area contributed by atoms with Crippen LogP contribution in [0.1, 0.15) is 33.0 Å². The van der Waals surface area contributed by atoms with Crippen molar-refractivity contribution in [2.75, 3.05) is 16.0 Å². The number of carbonyl (C=O) groups excluding carboxylic acids is 1. The molecule has 1 aromatic carbocycles. The minimum atomic E-state index is -0.0972. The molecule has 0 fully saturated rings. The molecule has 2 rings (SSSR count). The summed E-state index contributed by atoms with van der Waals surface area (Å²) in [6, 6.07) is 9.73. The Bertz CT molecular complexity index is 686. The van der Waals surface area contributed by atoms with E-state index in [2.05, 4.69) is 39.8 Å². The second-order valence-corrected chi connectivity index (χ2v) is 5.53. The Morgan fingerprint density at radius 1 is 1.17 bits per heavy atom. The van der Waals surface area contributed by atoms with Crippen LogP contribution >= 0.6 is 0 Å². The molecule has 1 aromatic heterocycles. The van der Waals surface area contributed by atoms with Gasteiger partial charge in [0.1, 0.15) is 17.5 Å². The maximum absolute atomic E-state index is 11.1. The summed E-state index contributed by atoms with van der Waals surface area (Å²) in [5.41, 5.74) is 1.59. The van der Waals surface area contributed by atoms with E-state index in [0.29, 0.717) is 17.7 Å². The smallest absolute Gasteiger partial charge is 0.221 e. The van der Waals surface area contributed by atoms with Crippen molar-refractivity contribution in [1.29, 1.82) is 0 Å². The number of hydrogen-bond donors (Lipinski definition) is 3. The Labute approximate surface area is 136 Å². The zero-order chi connectivity index (χ0) is 16.8. The highest BCUT2D eigenvalue weighted by atomic mass is 16.1. The van der Waals surface area contributed by atoms with Gasteiger partial charge in [0.15, 0.2) is 0 Å². The van der Waals surface area contributed by atoms with Crippen molar-refractivity contribution >= 4 is 28.9 Å². The Morgan fingerprint density at radius 2 is 1.87 bits per heavy atom. The lowest BCUT2D eigenvalue weighted by atomic mass is 10.2. The molecule has 0 saturated heterocycles. The average Bonchev–Trinajstić information content (AvgIpc) is 2.46. The highest BCUT2D eigenvalue weighted by Crippen LogP contribution is 2.21. The molecule has 0 radical (unpaired) electrons. The topological polar surface area (TPSA) is 78.9 Å². The van der Waals surface area contributed by atoms with Gasteiger partial charge in [0.05, 0.1) is 0 Å². The molecule has 23 heavy (non-hydrogen) atoms. The molecule has 1 amide bonds. The van der Waals surface area contributed by atoms with Crippen LogP contribution in [-0.4, -0.2) is 21.9 Å². The van der Waals surface area contributed by atoms with E-state index in [1.807, 2.05) is 37.3 Å². The lowest BCUT2D eigenvalue weighted by molar-refractivity contribution is -0.114. The number of anilines is 4. The van der Waals surface area contributed by atoms with Gasteiger partial charge in [-0.05, 0) is 38.5 Å². The highest BCUT2D eigenvalue weighted by Gasteiger charge is 2.06. The van der Waals surface area contributed by atoms with Crippen LogP contribution in [0.4, 0.5) is 23.0 Å². The molecule has 0 aliphatic heterocycles. The zero-order valence-electron chi connectivity index (χ0n) is 14.0. The van der Waals surface area contributed by atoms with E-state index in [1.165, 1.54) is 6.92 Å². The fourth-order valence-electron chi connectivity index (χ4n) is 2.09. The lowest BCUT2D eigenvalue weighted by Gasteiger charge is -2.14. The van der Waals surface area contributed by atoms with Gasteiger partial charge in [-0.2, -0.15) is 0 Å². The first-order valence-corrected chi connectivity index (χ1v) is 7.73. The molecular formula is C17H23N5O. The first-order valence-electron chi connectivity index (χ1n) is 7.73. The van der Waals surface area contributed by atoms with Crippen molar-refractivity contribution in [3.63, 3.8) is 0 Å². The van der Waals surface area contributed by atoms with Gasteiger partial charge in [-0.25, -0.2) is 9.97 Å². The summed E-state index contributed by atoms with van der Waals surface area (Å²) in [5.74, 6) is 2.11. The van der Waals surface area contributed by atoms with Crippen LogP contribution in [0.15, 0.2) is 30.3 Å². The number of aryl methyl sites for hydroxylation is 1. The maximum atomic E-state index is 11.1. The van der Waals surface area contributed by atoms with E-state index < -0.39 is 0 Å². The van der Waals surface area contributed by atoms with Crippen LogP contribution in [0, 0.1) is 6.92 Å². The third-order valence-electron chi connectivity index (χ3n) is 3.30. The molecule has 122 valence electrons. The van der Waals surface area contributed by atoms with E-state index in [1.54, 1.807) is 0 Å². The quantitative estimate of drug-likeness (QED) is 0.758. The van der Waals surface area contributed by atoms with Crippen LogP contribution in [0.5, 0.6) is 0 Å². The highest BCUT2D eigenvalue weighted by molar-refractivity contribution is 5.89. The molecule has 1 unspecified atom stereocenters. The Hall–Kier alpha value is -2.63. The summed E-state index contributed by atoms with van der Waals surface area (Å²) >= 11 is 0. The zero-order valence-corrected chi connectivity index (χ0v) is 14.0. The van der Waals surface area contributed by atoms with Crippen molar-refractivity contribution in [3.8, 4) is 0 Å². The molecule has 3 N–H and O–H groups in total. The van der Waals surface area contributed by atoms with Crippen molar-refractivity contribution in [2.45, 2.75) is 40.2 Å². The molecule has 0 saturated carbocycles. The van der Waals surface area contributed by atoms with E-state index >= 15 is 0 Å². The molecule has 6 heteroatoms. The summed E-state index contributed by atoms with van der Waals surface area (Å²) in [7, 11) is 0. The van der Waals surface area contributed by atoms with Crippen molar-refractivity contribution in [1.82, 2.24) is 9.97 Å². The van der Waals surface area contributed by atoms with Crippen LogP contribution < -0.4 is 16.0 Å². The van der Waals surface area contributed by atoms with Crippen molar-refractivity contribution in [2.24, 2.45) is 0 Å². The molecule has 0 aliphatic rings. The first kappa shape index (κ1) is 16.7. The van der Waals surface area contributed by atoms with Gasteiger partial charge < -0.3 is 16.0 Å². The van der Waals surface area contributed by atoms with E-state index in [4.69, 9.17) is 0 Å². The first-order chi connectivity index (χ1) is 11.0. The van der Waals surface area contributed by atoms with Gasteiger partial charge >= 0.3 is 0 Å². The van der Waals surface area contributed by atoms with Crippen molar-refractivity contribution < 1.29 is 4.79 Å². The molecule has 0 spiro atoms. The Balaban J connectivity index is 2.17. The summed E-state index contributed by atoms with van der Waals surface area (Å²) in [6.07, 6.45) is 1.02. The molecule has 0 aliphatic carbocycles. The third-order valence-corrected chi connectivity index (χ3v) is 3.30. The van der Waals surface area contributed by atoms with E-state index in [0.717, 1.165) is 23.6 Å². The number of nitrogens with zero attached hydrogens (tertiary/aromatic N) is 2. The minimum absolute atomic E-state index is 0.0972. The summed E-state index contributed by atoms with van der Waals surface area (Å²) in [5, 5.41) is 9.36. The van der Waals surface area contributed by atoms with Gasteiger partial charge in [0.2, 0.25) is 5.91 Å². The van der Waals surface area contributed by atoms with Crippen LogP contribution in [0.3, 0.4) is 0 Å². The molecule has 2 aromatic rings. The SMILES string of the molecule is CCC(C)Nc1cc(Nc2cccc(NC(C)=O)c2)nc(C)n1. The van der Waals surface area contributed by atoms with Gasteiger partial charge in [-0.3, -0.25) is 4.79 Å². The van der Waals surface area contributed by atoms with Crippen LogP contribution in [-0.2, 0) is 4.79 Å². The number of hydrogen-bond acceptors (Lipinski definition) is 5. The standard InChI is InChI=1S/C17H23N5O/c1-5-11(2)18-16-10-17(20-12(3)19-16)22-15-8-6-7-14(9-15)21-13(4)23/h6-11H,5H2,1-4H3,(H,21,23)(H2,18,19,20,22). The molecule has 1 heterocycles. The predicted octanol–water partition coefficient (Wildman–Crippen LogP) is 3.70. The average molecular weight is 313 g/mol. The Morgan fingerprint density at radius 3 is 2.57 bits per heavy atom. The van der Waals surface area contributed by atoms with Crippen molar-refractivity contribution in [3.05, 3.63) is 36.2 Å². The molecule has 6 nitrogen and oxygen atoms in total. The largest absolute Gasteiger partial charge is 0.367 e. The van der Waals surface area contributed by atoms with E-state index in [-0.39, 0.29) is 5.91 Å². The maximum Gasteiger partial charge on any atom is 0.221 e. The minimum Gasteiger partial charge on any atom is -0.367 e. The number of aromatic nitrogens is 2. The van der Waals surface area contributed by atoms with Gasteiger partial charge in [0.25, 0.3) is 0 Å². The normalized spacial score (nSPS) is 11.7. The molecule has 0 bridgehead atoms. The Kier molecular flexibility index (Phi) is 5.51. The number of rotatable bonds is 6. The predicted molar refractivity (Wildman–Crippen MR) is 94.2 cm³/mol. The lowest BCUT2D eigenvalue weighted by Crippen LogP contribution is -2.15. The number of benzene rings is 1. The van der Waals surface area contributed by atoms with Crippen LogP contribution in [0.25, 0.3) is 0 Å². The van der Waals surface area contributed by atoms with Gasteiger partial charge in [-0.1, -0.05) is 13.0 Å². The number of carbonyl (C=O) groups is 1. The second-order valence-electron chi connectivity index (χ2n) is 5.53. The van der Waals surface area contributed by atoms with Gasteiger partial charge in [0, 0.05) is 30.4 Å². The fraction of sp³-hybridized carbons (Fsp3) is 0.353. The summed E-state index contributed by atoms with van der Waals surface area (Å²) in [4.78, 5) is 19.9.